The molecule has 0 aliphatic carbocycles. The summed E-state index contributed by atoms with van der Waals surface area (Å²) in [7, 11) is 0. The molecule has 0 saturated carbocycles. The first-order chi connectivity index (χ1) is 10.7. The first-order valence-corrected chi connectivity index (χ1v) is 7.08. The Hall–Kier alpha value is -2.81. The third-order valence-corrected chi connectivity index (χ3v) is 3.51. The molecule has 0 aliphatic rings. The van der Waals surface area contributed by atoms with E-state index in [-0.39, 0.29) is 17.6 Å². The molecular weight excluding hydrogens is 277 g/mol. The van der Waals surface area contributed by atoms with Gasteiger partial charge in [0.25, 0.3) is 0 Å². The Kier molecular flexibility index (Phi) is 4.05. The summed E-state index contributed by atoms with van der Waals surface area (Å²) in [6.45, 7) is 0. The maximum Gasteiger partial charge on any atom is 0.123 e. The lowest BCUT2D eigenvalue weighted by Gasteiger charge is -2.21. The molecule has 2 nitrogen and oxygen atoms in total. The monoisotopic (exact) mass is 293 g/mol. The van der Waals surface area contributed by atoms with Crippen LogP contribution in [0.2, 0.25) is 0 Å². The minimum Gasteiger partial charge on any atom is -0.508 e. The van der Waals surface area contributed by atoms with Crippen LogP contribution < -0.4 is 5.32 Å². The molecule has 2 N–H and O–H groups in total. The molecule has 0 radical (unpaired) electrons. The summed E-state index contributed by atoms with van der Waals surface area (Å²) >= 11 is 0. The van der Waals surface area contributed by atoms with Crippen LogP contribution in [0.25, 0.3) is 0 Å². The van der Waals surface area contributed by atoms with Gasteiger partial charge in [-0.1, -0.05) is 42.5 Å². The minimum absolute atomic E-state index is 0.0766. The lowest BCUT2D eigenvalue weighted by atomic mass is 9.98. The fraction of sp³-hybridized carbons (Fsp3) is 0.0526. The highest BCUT2D eigenvalue weighted by atomic mass is 19.1. The van der Waals surface area contributed by atoms with Crippen LogP contribution in [0.5, 0.6) is 5.75 Å². The van der Waals surface area contributed by atoms with Crippen molar-refractivity contribution in [3.05, 3.63) is 95.8 Å². The third-order valence-electron chi connectivity index (χ3n) is 3.51. The molecule has 0 amide bonds. The Labute approximate surface area is 128 Å². The number of hydrogen-bond donors (Lipinski definition) is 2. The second-order valence-corrected chi connectivity index (χ2v) is 5.09. The Balaban J connectivity index is 1.96. The van der Waals surface area contributed by atoms with E-state index in [1.165, 1.54) is 12.1 Å². The van der Waals surface area contributed by atoms with E-state index >= 15 is 0 Å². The number of benzene rings is 3. The van der Waals surface area contributed by atoms with E-state index in [0.717, 1.165) is 16.8 Å². The van der Waals surface area contributed by atoms with Gasteiger partial charge in [0.2, 0.25) is 0 Å². The van der Waals surface area contributed by atoms with Gasteiger partial charge in [-0.05, 0) is 47.5 Å². The van der Waals surface area contributed by atoms with Gasteiger partial charge in [0.05, 0.1) is 6.04 Å². The quantitative estimate of drug-likeness (QED) is 0.728. The first-order valence-electron chi connectivity index (χ1n) is 7.08. The summed E-state index contributed by atoms with van der Waals surface area (Å²) in [5, 5.41) is 12.9. The number of anilines is 1. The predicted octanol–water partition coefficient (Wildman–Crippen LogP) is 4.73. The summed E-state index contributed by atoms with van der Waals surface area (Å²) in [4.78, 5) is 0. The normalized spacial score (nSPS) is 11.9. The summed E-state index contributed by atoms with van der Waals surface area (Å²) in [5.41, 5.74) is 2.95. The fourth-order valence-corrected chi connectivity index (χ4v) is 2.38. The van der Waals surface area contributed by atoms with Crippen molar-refractivity contribution in [3.63, 3.8) is 0 Å². The number of nitrogens with one attached hydrogen (secondary N) is 1. The second kappa shape index (κ2) is 6.31. The smallest absolute Gasteiger partial charge is 0.123 e. The highest BCUT2D eigenvalue weighted by Gasteiger charge is 2.13. The number of rotatable bonds is 4. The lowest BCUT2D eigenvalue weighted by molar-refractivity contribution is 0.475. The zero-order valence-electron chi connectivity index (χ0n) is 11.9. The van der Waals surface area contributed by atoms with E-state index in [2.05, 4.69) is 5.32 Å². The fourth-order valence-electron chi connectivity index (χ4n) is 2.38. The van der Waals surface area contributed by atoms with Crippen molar-refractivity contribution >= 4 is 5.69 Å². The molecular formula is C19H16FNO. The van der Waals surface area contributed by atoms with Gasteiger partial charge in [-0.2, -0.15) is 0 Å². The Bertz CT molecular complexity index is 724. The molecule has 0 spiro atoms. The number of phenolic OH excluding ortho intramolecular Hbond substituents is 1. The van der Waals surface area contributed by atoms with Crippen LogP contribution in [0.15, 0.2) is 78.9 Å². The van der Waals surface area contributed by atoms with Crippen LogP contribution in [0.4, 0.5) is 10.1 Å². The van der Waals surface area contributed by atoms with Crippen LogP contribution in [0, 0.1) is 5.82 Å². The molecule has 22 heavy (non-hydrogen) atoms. The number of hydrogen-bond acceptors (Lipinski definition) is 2. The van der Waals surface area contributed by atoms with Gasteiger partial charge in [0.1, 0.15) is 11.6 Å². The van der Waals surface area contributed by atoms with Gasteiger partial charge in [-0.3, -0.25) is 0 Å². The largest absolute Gasteiger partial charge is 0.508 e. The van der Waals surface area contributed by atoms with E-state index in [0.29, 0.717) is 0 Å². The van der Waals surface area contributed by atoms with Gasteiger partial charge >= 0.3 is 0 Å². The molecule has 0 bridgehead atoms. The van der Waals surface area contributed by atoms with Crippen LogP contribution in [0.3, 0.4) is 0 Å². The molecule has 1 atom stereocenters. The molecule has 3 aromatic rings. The van der Waals surface area contributed by atoms with Crippen LogP contribution >= 0.6 is 0 Å². The zero-order valence-corrected chi connectivity index (χ0v) is 11.9. The van der Waals surface area contributed by atoms with Crippen molar-refractivity contribution in [2.75, 3.05) is 5.32 Å². The van der Waals surface area contributed by atoms with Gasteiger partial charge in [0.15, 0.2) is 0 Å². The van der Waals surface area contributed by atoms with Gasteiger partial charge < -0.3 is 10.4 Å². The minimum atomic E-state index is -0.258. The van der Waals surface area contributed by atoms with Crippen molar-refractivity contribution in [1.82, 2.24) is 0 Å². The Morgan fingerprint density at radius 2 is 1.32 bits per heavy atom. The topological polar surface area (TPSA) is 32.3 Å². The van der Waals surface area contributed by atoms with Crippen LogP contribution in [0.1, 0.15) is 17.2 Å². The van der Waals surface area contributed by atoms with Gasteiger partial charge in [0, 0.05) is 5.69 Å². The van der Waals surface area contributed by atoms with E-state index < -0.39 is 0 Å². The molecule has 3 heteroatoms. The molecule has 0 aromatic heterocycles. The van der Waals surface area contributed by atoms with Gasteiger partial charge in [-0.25, -0.2) is 4.39 Å². The van der Waals surface area contributed by atoms with E-state index in [1.807, 2.05) is 42.5 Å². The number of aromatic hydroxyl groups is 1. The lowest BCUT2D eigenvalue weighted by Crippen LogP contribution is -2.12. The maximum absolute atomic E-state index is 13.1. The summed E-state index contributed by atoms with van der Waals surface area (Å²) < 4.78 is 13.1. The van der Waals surface area contributed by atoms with Crippen molar-refractivity contribution in [1.29, 1.82) is 0 Å². The Morgan fingerprint density at radius 3 is 1.95 bits per heavy atom. The molecule has 0 saturated heterocycles. The average Bonchev–Trinajstić information content (AvgIpc) is 2.56. The molecule has 1 unspecified atom stereocenters. The van der Waals surface area contributed by atoms with E-state index in [9.17, 15) is 9.50 Å². The highest BCUT2D eigenvalue weighted by molar-refractivity contribution is 5.49. The molecule has 0 fully saturated rings. The third kappa shape index (κ3) is 3.26. The van der Waals surface area contributed by atoms with Crippen LogP contribution in [-0.4, -0.2) is 5.11 Å². The van der Waals surface area contributed by atoms with E-state index in [4.69, 9.17) is 0 Å². The van der Waals surface area contributed by atoms with Crippen LogP contribution in [-0.2, 0) is 0 Å². The van der Waals surface area contributed by atoms with E-state index in [1.54, 1.807) is 24.3 Å². The highest BCUT2D eigenvalue weighted by Crippen LogP contribution is 2.27. The standard InChI is InChI=1S/C19H16FNO/c20-16-8-10-17(11-9-16)21-19(14-4-2-1-3-5-14)15-6-12-18(22)13-7-15/h1-13,19,21-22H. The van der Waals surface area contributed by atoms with Crippen molar-refractivity contribution in [2.24, 2.45) is 0 Å². The SMILES string of the molecule is Oc1ccc(C(Nc2ccc(F)cc2)c2ccccc2)cc1. The zero-order chi connectivity index (χ0) is 15.4. The van der Waals surface area contributed by atoms with Crippen molar-refractivity contribution in [3.8, 4) is 5.75 Å². The number of halogens is 1. The maximum atomic E-state index is 13.1. The predicted molar refractivity (Wildman–Crippen MR) is 86.4 cm³/mol. The molecule has 3 rings (SSSR count). The first kappa shape index (κ1) is 14.1. The summed E-state index contributed by atoms with van der Waals surface area (Å²) in [6, 6.07) is 23.3. The average molecular weight is 293 g/mol. The second-order valence-electron chi connectivity index (χ2n) is 5.09. The van der Waals surface area contributed by atoms with Crippen molar-refractivity contribution < 1.29 is 9.50 Å². The molecule has 3 aromatic carbocycles. The summed E-state index contributed by atoms with van der Waals surface area (Å²) in [6.07, 6.45) is 0. The Morgan fingerprint density at radius 1 is 0.727 bits per heavy atom. The van der Waals surface area contributed by atoms with Crippen molar-refractivity contribution in [2.45, 2.75) is 6.04 Å². The van der Waals surface area contributed by atoms with Gasteiger partial charge in [-0.15, -0.1) is 0 Å². The summed E-state index contributed by atoms with van der Waals surface area (Å²) in [5.74, 6) is -0.0243. The molecule has 110 valence electrons. The number of phenols is 1. The molecule has 0 heterocycles. The molecule has 0 aliphatic heterocycles.